The lowest BCUT2D eigenvalue weighted by Crippen LogP contribution is -2.33. The molecule has 0 saturated carbocycles. The second kappa shape index (κ2) is 5.74. The smallest absolute Gasteiger partial charge is 0.270 e. The van der Waals surface area contributed by atoms with Crippen LogP contribution in [0.3, 0.4) is 0 Å². The zero-order valence-corrected chi connectivity index (χ0v) is 13.0. The summed E-state index contributed by atoms with van der Waals surface area (Å²) >= 11 is 3.43. The Bertz CT molecular complexity index is 606. The number of rotatable bonds is 4. The molecule has 0 aromatic carbocycles. The molecule has 0 aliphatic heterocycles. The Balaban J connectivity index is 2.50. The van der Waals surface area contributed by atoms with Gasteiger partial charge in [0.2, 0.25) is 0 Å². The standard InChI is InChI=1S/C14H18BrN3O/c1-4-9(3)16-14(19)13-11(5-2)17-12-7-6-10(15)8-18(12)13/h6-9H,4-5H2,1-3H3,(H,16,19). The van der Waals surface area contributed by atoms with Crippen LogP contribution in [-0.4, -0.2) is 21.3 Å². The zero-order chi connectivity index (χ0) is 14.0. The number of aromatic nitrogens is 2. The van der Waals surface area contributed by atoms with Crippen LogP contribution in [0.1, 0.15) is 43.4 Å². The van der Waals surface area contributed by atoms with Crippen molar-refractivity contribution in [1.29, 1.82) is 0 Å². The monoisotopic (exact) mass is 323 g/mol. The van der Waals surface area contributed by atoms with Gasteiger partial charge in [-0.1, -0.05) is 13.8 Å². The third kappa shape index (κ3) is 2.81. The molecule has 102 valence electrons. The second-order valence-electron chi connectivity index (χ2n) is 4.62. The molecule has 19 heavy (non-hydrogen) atoms. The number of imidazole rings is 1. The molecule has 0 spiro atoms. The van der Waals surface area contributed by atoms with Crippen molar-refractivity contribution >= 4 is 27.5 Å². The van der Waals surface area contributed by atoms with Gasteiger partial charge in [0.25, 0.3) is 5.91 Å². The SMILES string of the molecule is CCc1nc2ccc(Br)cn2c1C(=O)NC(C)CC. The molecule has 5 heteroatoms. The van der Waals surface area contributed by atoms with Crippen molar-refractivity contribution in [3.05, 3.63) is 34.2 Å². The van der Waals surface area contributed by atoms with E-state index in [9.17, 15) is 4.79 Å². The molecule has 4 nitrogen and oxygen atoms in total. The maximum absolute atomic E-state index is 12.4. The molecule has 0 saturated heterocycles. The van der Waals surface area contributed by atoms with Crippen molar-refractivity contribution in [3.63, 3.8) is 0 Å². The van der Waals surface area contributed by atoms with E-state index in [1.165, 1.54) is 0 Å². The largest absolute Gasteiger partial charge is 0.348 e. The number of pyridine rings is 1. The van der Waals surface area contributed by atoms with E-state index >= 15 is 0 Å². The third-order valence-electron chi connectivity index (χ3n) is 3.19. The number of nitrogens with zero attached hydrogens (tertiary/aromatic N) is 2. The van der Waals surface area contributed by atoms with Gasteiger partial charge >= 0.3 is 0 Å². The first-order valence-corrected chi connectivity index (χ1v) is 7.33. The number of carbonyl (C=O) groups is 1. The molecule has 0 aliphatic rings. The number of fused-ring (bicyclic) bond motifs is 1. The summed E-state index contributed by atoms with van der Waals surface area (Å²) in [5.74, 6) is -0.0585. The van der Waals surface area contributed by atoms with Crippen LogP contribution in [0.5, 0.6) is 0 Å². The molecule has 1 N–H and O–H groups in total. The summed E-state index contributed by atoms with van der Waals surface area (Å²) in [5, 5.41) is 3.00. The van der Waals surface area contributed by atoms with Gasteiger partial charge in [0, 0.05) is 16.7 Å². The molecule has 2 aromatic heterocycles. The lowest BCUT2D eigenvalue weighted by Gasteiger charge is -2.12. The van der Waals surface area contributed by atoms with Crippen LogP contribution in [0, 0.1) is 0 Å². The highest BCUT2D eigenvalue weighted by atomic mass is 79.9. The Hall–Kier alpha value is -1.36. The molecule has 2 heterocycles. The Morgan fingerprint density at radius 3 is 2.84 bits per heavy atom. The minimum atomic E-state index is -0.0585. The fourth-order valence-electron chi connectivity index (χ4n) is 1.95. The second-order valence-corrected chi connectivity index (χ2v) is 5.53. The van der Waals surface area contributed by atoms with Gasteiger partial charge < -0.3 is 5.32 Å². The van der Waals surface area contributed by atoms with Crippen molar-refractivity contribution in [2.24, 2.45) is 0 Å². The summed E-state index contributed by atoms with van der Waals surface area (Å²) in [7, 11) is 0. The van der Waals surface area contributed by atoms with E-state index in [4.69, 9.17) is 0 Å². The number of carbonyl (C=O) groups excluding carboxylic acids is 1. The van der Waals surface area contributed by atoms with Crippen LogP contribution >= 0.6 is 15.9 Å². The zero-order valence-electron chi connectivity index (χ0n) is 11.4. The average Bonchev–Trinajstić information content (AvgIpc) is 2.76. The molecule has 0 fully saturated rings. The molecule has 1 unspecified atom stereocenters. The van der Waals surface area contributed by atoms with Gasteiger partial charge in [-0.25, -0.2) is 4.98 Å². The van der Waals surface area contributed by atoms with E-state index in [1.54, 1.807) is 0 Å². The van der Waals surface area contributed by atoms with Gasteiger partial charge in [0.1, 0.15) is 11.3 Å². The van der Waals surface area contributed by atoms with Crippen LogP contribution < -0.4 is 5.32 Å². The topological polar surface area (TPSA) is 46.4 Å². The van der Waals surface area contributed by atoms with Gasteiger partial charge in [0.15, 0.2) is 0 Å². The molecule has 1 amide bonds. The number of amides is 1. The third-order valence-corrected chi connectivity index (χ3v) is 3.66. The van der Waals surface area contributed by atoms with E-state index in [1.807, 2.05) is 36.6 Å². The van der Waals surface area contributed by atoms with Crippen molar-refractivity contribution in [3.8, 4) is 0 Å². The molecule has 0 bridgehead atoms. The molecule has 1 atom stereocenters. The number of aryl methyl sites for hydroxylation is 1. The quantitative estimate of drug-likeness (QED) is 0.939. The van der Waals surface area contributed by atoms with Crippen molar-refractivity contribution in [1.82, 2.24) is 14.7 Å². The fraction of sp³-hybridized carbons (Fsp3) is 0.429. The van der Waals surface area contributed by atoms with Crippen LogP contribution in [0.2, 0.25) is 0 Å². The Morgan fingerprint density at radius 1 is 1.47 bits per heavy atom. The Labute approximate surface area is 121 Å². The lowest BCUT2D eigenvalue weighted by molar-refractivity contribution is 0.0932. The fourth-order valence-corrected chi connectivity index (χ4v) is 2.29. The highest BCUT2D eigenvalue weighted by molar-refractivity contribution is 9.10. The van der Waals surface area contributed by atoms with Crippen molar-refractivity contribution in [2.45, 2.75) is 39.7 Å². The predicted molar refractivity (Wildman–Crippen MR) is 79.5 cm³/mol. The predicted octanol–water partition coefficient (Wildman–Crippen LogP) is 3.19. The Kier molecular flexibility index (Phi) is 4.24. The van der Waals surface area contributed by atoms with E-state index in [2.05, 4.69) is 33.2 Å². The first kappa shape index (κ1) is 14.1. The van der Waals surface area contributed by atoms with Crippen molar-refractivity contribution in [2.75, 3.05) is 0 Å². The molecule has 0 aliphatic carbocycles. The molecule has 0 radical (unpaired) electrons. The molecule has 2 aromatic rings. The van der Waals surface area contributed by atoms with Crippen LogP contribution in [0.25, 0.3) is 5.65 Å². The van der Waals surface area contributed by atoms with Gasteiger partial charge in [-0.05, 0) is 47.8 Å². The summed E-state index contributed by atoms with van der Waals surface area (Å²) < 4.78 is 2.78. The first-order chi connectivity index (χ1) is 9.06. The van der Waals surface area contributed by atoms with E-state index in [-0.39, 0.29) is 11.9 Å². The minimum Gasteiger partial charge on any atom is -0.348 e. The number of nitrogens with one attached hydrogen (secondary N) is 1. The van der Waals surface area contributed by atoms with Crippen LogP contribution in [0.15, 0.2) is 22.8 Å². The van der Waals surface area contributed by atoms with E-state index < -0.39 is 0 Å². The summed E-state index contributed by atoms with van der Waals surface area (Å²) in [5.41, 5.74) is 2.27. The van der Waals surface area contributed by atoms with E-state index in [0.717, 1.165) is 28.7 Å². The Morgan fingerprint density at radius 2 is 2.21 bits per heavy atom. The normalized spacial score (nSPS) is 12.6. The number of hydrogen-bond acceptors (Lipinski definition) is 2. The van der Waals surface area contributed by atoms with E-state index in [0.29, 0.717) is 5.69 Å². The summed E-state index contributed by atoms with van der Waals surface area (Å²) in [6, 6.07) is 4.00. The highest BCUT2D eigenvalue weighted by Crippen LogP contribution is 2.17. The molecular weight excluding hydrogens is 306 g/mol. The van der Waals surface area contributed by atoms with Crippen LogP contribution in [0.4, 0.5) is 0 Å². The maximum atomic E-state index is 12.4. The molecular formula is C14H18BrN3O. The van der Waals surface area contributed by atoms with Gasteiger partial charge in [-0.15, -0.1) is 0 Å². The average molecular weight is 324 g/mol. The lowest BCUT2D eigenvalue weighted by atomic mass is 10.2. The first-order valence-electron chi connectivity index (χ1n) is 6.54. The molecule has 2 rings (SSSR count). The number of hydrogen-bond donors (Lipinski definition) is 1. The maximum Gasteiger partial charge on any atom is 0.270 e. The van der Waals surface area contributed by atoms with Crippen molar-refractivity contribution < 1.29 is 4.79 Å². The van der Waals surface area contributed by atoms with Crippen LogP contribution in [-0.2, 0) is 6.42 Å². The summed E-state index contributed by atoms with van der Waals surface area (Å²) in [6.45, 7) is 6.07. The number of halogens is 1. The van der Waals surface area contributed by atoms with Gasteiger partial charge in [-0.2, -0.15) is 0 Å². The summed E-state index contributed by atoms with van der Waals surface area (Å²) in [4.78, 5) is 16.9. The summed E-state index contributed by atoms with van der Waals surface area (Å²) in [6.07, 6.45) is 3.53. The van der Waals surface area contributed by atoms with Gasteiger partial charge in [0.05, 0.1) is 5.69 Å². The van der Waals surface area contributed by atoms with Gasteiger partial charge in [-0.3, -0.25) is 9.20 Å². The minimum absolute atomic E-state index is 0.0585. The highest BCUT2D eigenvalue weighted by Gasteiger charge is 2.19.